The van der Waals surface area contributed by atoms with Gasteiger partial charge in [-0.1, -0.05) is 29.8 Å². The van der Waals surface area contributed by atoms with Crippen LogP contribution < -0.4 is 5.32 Å². The fourth-order valence-corrected chi connectivity index (χ4v) is 3.59. The molecule has 7 heteroatoms. The third-order valence-corrected chi connectivity index (χ3v) is 5.14. The third kappa shape index (κ3) is 3.83. The van der Waals surface area contributed by atoms with Gasteiger partial charge in [-0.05, 0) is 57.9 Å². The number of fused-ring (bicyclic) bond motifs is 1. The highest BCUT2D eigenvalue weighted by molar-refractivity contribution is 6.22. The molecule has 0 saturated carbocycles. The molecular weight excluding hydrogens is 384 g/mol. The van der Waals surface area contributed by atoms with E-state index in [2.05, 4.69) is 5.32 Å². The van der Waals surface area contributed by atoms with E-state index in [0.717, 1.165) is 21.6 Å². The zero-order valence-corrected chi connectivity index (χ0v) is 17.6. The van der Waals surface area contributed by atoms with Crippen LogP contribution in [0.2, 0.25) is 0 Å². The van der Waals surface area contributed by atoms with Crippen molar-refractivity contribution in [2.75, 3.05) is 5.32 Å². The molecular formula is C23H24N2O5. The van der Waals surface area contributed by atoms with Crippen molar-refractivity contribution in [2.24, 2.45) is 0 Å². The number of ether oxygens (including phenoxy) is 1. The molecule has 0 saturated heterocycles. The zero-order chi connectivity index (χ0) is 22.2. The number of hydrogen-bond acceptors (Lipinski definition) is 5. The number of esters is 1. The van der Waals surface area contributed by atoms with Gasteiger partial charge in [-0.3, -0.25) is 19.3 Å². The lowest BCUT2D eigenvalue weighted by Gasteiger charge is -2.23. The number of rotatable bonds is 5. The first-order valence-electron chi connectivity index (χ1n) is 9.68. The predicted octanol–water partition coefficient (Wildman–Crippen LogP) is 3.17. The molecule has 0 radical (unpaired) electrons. The fraction of sp³-hybridized carbons (Fsp3) is 0.304. The molecule has 0 fully saturated rings. The van der Waals surface area contributed by atoms with E-state index in [1.807, 2.05) is 32.9 Å². The summed E-state index contributed by atoms with van der Waals surface area (Å²) in [4.78, 5) is 51.1. The SMILES string of the molecule is Cc1cc(C)c(NC(=O)[C@H](C)OC(=O)[C@@H](C)N2C(=O)c3ccccc3C2=O)c(C)c1. The normalized spacial score (nSPS) is 14.9. The molecule has 1 aliphatic heterocycles. The van der Waals surface area contributed by atoms with Gasteiger partial charge in [-0.15, -0.1) is 0 Å². The number of amides is 3. The second-order valence-corrected chi connectivity index (χ2v) is 7.54. The molecule has 0 aromatic heterocycles. The summed E-state index contributed by atoms with van der Waals surface area (Å²) in [5.74, 6) is -2.43. The largest absolute Gasteiger partial charge is 0.451 e. The maximum absolute atomic E-state index is 12.6. The quantitative estimate of drug-likeness (QED) is 0.606. The van der Waals surface area contributed by atoms with E-state index in [1.165, 1.54) is 26.0 Å². The maximum Gasteiger partial charge on any atom is 0.329 e. The molecule has 30 heavy (non-hydrogen) atoms. The number of nitrogens with zero attached hydrogens (tertiary/aromatic N) is 1. The summed E-state index contributed by atoms with van der Waals surface area (Å²) in [7, 11) is 0. The van der Waals surface area contributed by atoms with Crippen LogP contribution in [0.15, 0.2) is 36.4 Å². The highest BCUT2D eigenvalue weighted by Gasteiger charge is 2.41. The molecule has 7 nitrogen and oxygen atoms in total. The predicted molar refractivity (Wildman–Crippen MR) is 111 cm³/mol. The molecule has 3 amide bonds. The van der Waals surface area contributed by atoms with Gasteiger partial charge in [0.05, 0.1) is 11.1 Å². The molecule has 0 unspecified atom stereocenters. The molecule has 1 heterocycles. The van der Waals surface area contributed by atoms with Gasteiger partial charge in [0.2, 0.25) is 0 Å². The molecule has 1 N–H and O–H groups in total. The van der Waals surface area contributed by atoms with Gasteiger partial charge in [0.25, 0.3) is 17.7 Å². The second-order valence-electron chi connectivity index (χ2n) is 7.54. The highest BCUT2D eigenvalue weighted by atomic mass is 16.5. The van der Waals surface area contributed by atoms with Crippen molar-refractivity contribution >= 4 is 29.4 Å². The number of benzene rings is 2. The summed E-state index contributed by atoms with van der Waals surface area (Å²) >= 11 is 0. The molecule has 3 rings (SSSR count). The maximum atomic E-state index is 12.6. The van der Waals surface area contributed by atoms with Crippen molar-refractivity contribution in [3.8, 4) is 0 Å². The lowest BCUT2D eigenvalue weighted by molar-refractivity contribution is -0.156. The van der Waals surface area contributed by atoms with Crippen molar-refractivity contribution in [1.29, 1.82) is 0 Å². The number of carbonyl (C=O) groups excluding carboxylic acids is 4. The number of imide groups is 1. The Kier molecular flexibility index (Phi) is 5.73. The summed E-state index contributed by atoms with van der Waals surface area (Å²) in [6.07, 6.45) is -1.10. The van der Waals surface area contributed by atoms with Crippen LogP contribution in [0, 0.1) is 20.8 Å². The highest BCUT2D eigenvalue weighted by Crippen LogP contribution is 2.25. The Morgan fingerprint density at radius 1 is 0.933 bits per heavy atom. The molecule has 2 atom stereocenters. The smallest absolute Gasteiger partial charge is 0.329 e. The molecule has 0 bridgehead atoms. The number of hydrogen-bond donors (Lipinski definition) is 1. The third-order valence-electron chi connectivity index (χ3n) is 5.14. The molecule has 156 valence electrons. The van der Waals surface area contributed by atoms with Crippen LogP contribution in [-0.2, 0) is 14.3 Å². The molecule has 0 spiro atoms. The molecule has 2 aromatic rings. The van der Waals surface area contributed by atoms with Gasteiger partial charge >= 0.3 is 5.97 Å². The number of carbonyl (C=O) groups is 4. The monoisotopic (exact) mass is 408 g/mol. The van der Waals surface area contributed by atoms with Gasteiger partial charge in [0, 0.05) is 5.69 Å². The Labute approximate surface area is 175 Å². The minimum absolute atomic E-state index is 0.248. The summed E-state index contributed by atoms with van der Waals surface area (Å²) in [5, 5.41) is 2.79. The van der Waals surface area contributed by atoms with Crippen LogP contribution in [0.4, 0.5) is 5.69 Å². The number of nitrogens with one attached hydrogen (secondary N) is 1. The van der Waals surface area contributed by atoms with E-state index in [9.17, 15) is 19.2 Å². The van der Waals surface area contributed by atoms with E-state index in [4.69, 9.17) is 4.74 Å². The zero-order valence-electron chi connectivity index (χ0n) is 17.6. The van der Waals surface area contributed by atoms with E-state index in [1.54, 1.807) is 12.1 Å². The average Bonchev–Trinajstić information content (AvgIpc) is 2.94. The first kappa shape index (κ1) is 21.2. The minimum Gasteiger partial charge on any atom is -0.451 e. The van der Waals surface area contributed by atoms with Crippen LogP contribution in [0.25, 0.3) is 0 Å². The van der Waals surface area contributed by atoms with Gasteiger partial charge in [0.1, 0.15) is 6.04 Å². The second kappa shape index (κ2) is 8.10. The molecule has 0 aliphatic carbocycles. The van der Waals surface area contributed by atoms with Gasteiger partial charge in [0.15, 0.2) is 6.10 Å². The van der Waals surface area contributed by atoms with Crippen LogP contribution in [0.1, 0.15) is 51.3 Å². The van der Waals surface area contributed by atoms with Crippen LogP contribution in [0.5, 0.6) is 0 Å². The Hall–Kier alpha value is -3.48. The Morgan fingerprint density at radius 3 is 1.93 bits per heavy atom. The van der Waals surface area contributed by atoms with Crippen LogP contribution in [-0.4, -0.2) is 40.7 Å². The summed E-state index contributed by atoms with van der Waals surface area (Å²) in [6.45, 7) is 8.59. The average molecular weight is 408 g/mol. The van der Waals surface area contributed by atoms with E-state index < -0.39 is 35.8 Å². The number of anilines is 1. The van der Waals surface area contributed by atoms with Crippen molar-refractivity contribution in [2.45, 2.75) is 46.8 Å². The summed E-state index contributed by atoms with van der Waals surface area (Å²) in [6, 6.07) is 9.12. The van der Waals surface area contributed by atoms with Gasteiger partial charge in [-0.2, -0.15) is 0 Å². The van der Waals surface area contributed by atoms with Crippen molar-refractivity contribution in [3.63, 3.8) is 0 Å². The number of aryl methyl sites for hydroxylation is 3. The first-order valence-corrected chi connectivity index (χ1v) is 9.68. The van der Waals surface area contributed by atoms with Crippen molar-refractivity contribution in [3.05, 3.63) is 64.2 Å². The van der Waals surface area contributed by atoms with E-state index in [-0.39, 0.29) is 11.1 Å². The first-order chi connectivity index (χ1) is 14.1. The van der Waals surface area contributed by atoms with E-state index in [0.29, 0.717) is 5.69 Å². The van der Waals surface area contributed by atoms with Crippen LogP contribution in [0.3, 0.4) is 0 Å². The Bertz CT molecular complexity index is 1000. The lowest BCUT2D eigenvalue weighted by Crippen LogP contribution is -2.45. The molecule has 1 aliphatic rings. The standard InChI is InChI=1S/C23H24N2O5/c1-12-10-13(2)19(14(3)11-12)24-20(26)16(5)30-23(29)15(4)25-21(27)17-8-6-7-9-18(17)22(25)28/h6-11,15-16H,1-5H3,(H,24,26)/t15-,16+/m1/s1. The summed E-state index contributed by atoms with van der Waals surface area (Å²) < 4.78 is 5.26. The fourth-order valence-electron chi connectivity index (χ4n) is 3.59. The minimum atomic E-state index is -1.16. The van der Waals surface area contributed by atoms with Gasteiger partial charge in [-0.25, -0.2) is 4.79 Å². The Balaban J connectivity index is 1.68. The van der Waals surface area contributed by atoms with Crippen LogP contribution >= 0.6 is 0 Å². The van der Waals surface area contributed by atoms with Crippen molar-refractivity contribution < 1.29 is 23.9 Å². The van der Waals surface area contributed by atoms with Crippen molar-refractivity contribution in [1.82, 2.24) is 4.90 Å². The molecule has 2 aromatic carbocycles. The Morgan fingerprint density at radius 2 is 1.43 bits per heavy atom. The van der Waals surface area contributed by atoms with E-state index >= 15 is 0 Å². The van der Waals surface area contributed by atoms with Gasteiger partial charge < -0.3 is 10.1 Å². The lowest BCUT2D eigenvalue weighted by atomic mass is 10.0. The topological polar surface area (TPSA) is 92.8 Å². The summed E-state index contributed by atoms with van der Waals surface area (Å²) in [5.41, 5.74) is 4.05.